The zero-order valence-corrected chi connectivity index (χ0v) is 12.6. The van der Waals surface area contributed by atoms with Crippen molar-refractivity contribution in [2.75, 3.05) is 7.11 Å². The molecule has 3 aromatic rings. The highest BCUT2D eigenvalue weighted by Gasteiger charge is 2.21. The highest BCUT2D eigenvalue weighted by molar-refractivity contribution is 6.41. The van der Waals surface area contributed by atoms with E-state index in [4.69, 9.17) is 27.9 Å². The summed E-state index contributed by atoms with van der Waals surface area (Å²) in [5.74, 6) is 0.390. The minimum absolute atomic E-state index is 0.235. The molecule has 0 aliphatic heterocycles. The van der Waals surface area contributed by atoms with Gasteiger partial charge < -0.3 is 9.72 Å². The molecule has 0 bridgehead atoms. The molecular formula is C16H11Cl2NO2. The Labute approximate surface area is 131 Å². The van der Waals surface area contributed by atoms with Gasteiger partial charge in [0, 0.05) is 11.7 Å². The topological polar surface area (TPSA) is 42.1 Å². The van der Waals surface area contributed by atoms with Crippen LogP contribution in [-0.4, -0.2) is 17.9 Å². The largest absolute Gasteiger partial charge is 0.496 e. The molecule has 0 spiro atoms. The number of rotatable bonds is 3. The molecule has 3 rings (SSSR count). The lowest BCUT2D eigenvalue weighted by Crippen LogP contribution is -2.03. The molecule has 21 heavy (non-hydrogen) atoms. The summed E-state index contributed by atoms with van der Waals surface area (Å²) in [5.41, 5.74) is 1.60. The van der Waals surface area contributed by atoms with E-state index in [-0.39, 0.29) is 5.78 Å². The number of ketones is 1. The molecule has 1 aromatic heterocycles. The Morgan fingerprint density at radius 2 is 1.76 bits per heavy atom. The van der Waals surface area contributed by atoms with Crippen molar-refractivity contribution < 1.29 is 9.53 Å². The molecule has 106 valence electrons. The van der Waals surface area contributed by atoms with Crippen LogP contribution in [0.1, 0.15) is 15.9 Å². The van der Waals surface area contributed by atoms with Crippen LogP contribution in [0.25, 0.3) is 10.9 Å². The van der Waals surface area contributed by atoms with Crippen molar-refractivity contribution in [1.29, 1.82) is 0 Å². The highest BCUT2D eigenvalue weighted by atomic mass is 35.5. The molecule has 1 heterocycles. The maximum absolute atomic E-state index is 12.8. The predicted octanol–water partition coefficient (Wildman–Crippen LogP) is 4.71. The molecule has 0 saturated carbocycles. The normalized spacial score (nSPS) is 10.8. The summed E-state index contributed by atoms with van der Waals surface area (Å²) in [4.78, 5) is 15.9. The van der Waals surface area contributed by atoms with Crippen LogP contribution < -0.4 is 4.74 Å². The fourth-order valence-corrected chi connectivity index (χ4v) is 2.92. The highest BCUT2D eigenvalue weighted by Crippen LogP contribution is 2.33. The lowest BCUT2D eigenvalue weighted by atomic mass is 10.0. The van der Waals surface area contributed by atoms with E-state index >= 15 is 0 Å². The number of hydrogen-bond donors (Lipinski definition) is 1. The van der Waals surface area contributed by atoms with Gasteiger partial charge in [0.2, 0.25) is 0 Å². The van der Waals surface area contributed by atoms with Gasteiger partial charge in [-0.2, -0.15) is 0 Å². The maximum atomic E-state index is 12.8. The Hall–Kier alpha value is -1.97. The van der Waals surface area contributed by atoms with Crippen molar-refractivity contribution in [3.8, 4) is 5.75 Å². The van der Waals surface area contributed by atoms with Crippen LogP contribution in [0, 0.1) is 0 Å². The van der Waals surface area contributed by atoms with Crippen molar-refractivity contribution in [3.63, 3.8) is 0 Å². The number of carbonyl (C=O) groups excluding carboxylic acids is 1. The Morgan fingerprint density at radius 1 is 1.10 bits per heavy atom. The summed E-state index contributed by atoms with van der Waals surface area (Å²) in [6, 6.07) is 10.5. The van der Waals surface area contributed by atoms with E-state index in [0.29, 0.717) is 26.9 Å². The smallest absolute Gasteiger partial charge is 0.198 e. The average Bonchev–Trinajstić information content (AvgIpc) is 2.90. The molecule has 1 N–H and O–H groups in total. The van der Waals surface area contributed by atoms with Gasteiger partial charge in [-0.25, -0.2) is 0 Å². The third-order valence-electron chi connectivity index (χ3n) is 3.32. The van der Waals surface area contributed by atoms with Crippen molar-refractivity contribution in [3.05, 3.63) is 63.8 Å². The first-order valence-corrected chi connectivity index (χ1v) is 7.02. The second-order valence-electron chi connectivity index (χ2n) is 4.51. The predicted molar refractivity (Wildman–Crippen MR) is 84.7 cm³/mol. The minimum atomic E-state index is -0.235. The van der Waals surface area contributed by atoms with Gasteiger partial charge in [-0.15, -0.1) is 0 Å². The number of benzene rings is 2. The molecule has 0 amide bonds. The molecular weight excluding hydrogens is 309 g/mol. The van der Waals surface area contributed by atoms with Crippen LogP contribution in [0.4, 0.5) is 0 Å². The average molecular weight is 320 g/mol. The van der Waals surface area contributed by atoms with E-state index in [2.05, 4.69) is 4.98 Å². The molecule has 0 aliphatic rings. The molecule has 3 nitrogen and oxygen atoms in total. The van der Waals surface area contributed by atoms with Crippen LogP contribution in [0.2, 0.25) is 10.0 Å². The van der Waals surface area contributed by atoms with Gasteiger partial charge in [-0.3, -0.25) is 4.79 Å². The number of H-pyrrole nitrogens is 1. The molecule has 0 saturated heterocycles. The molecule has 0 aliphatic carbocycles. The second-order valence-corrected chi connectivity index (χ2v) is 5.33. The summed E-state index contributed by atoms with van der Waals surface area (Å²) < 4.78 is 5.33. The molecule has 5 heteroatoms. The van der Waals surface area contributed by atoms with Crippen LogP contribution in [-0.2, 0) is 0 Å². The number of aromatic amines is 1. The number of nitrogens with one attached hydrogen (secondary N) is 1. The van der Waals surface area contributed by atoms with Crippen LogP contribution in [0.5, 0.6) is 5.75 Å². The summed E-state index contributed by atoms with van der Waals surface area (Å²) >= 11 is 12.2. The summed E-state index contributed by atoms with van der Waals surface area (Å²) in [6.45, 7) is 0. The monoisotopic (exact) mass is 319 g/mol. The van der Waals surface area contributed by atoms with E-state index in [1.54, 1.807) is 37.6 Å². The van der Waals surface area contributed by atoms with E-state index in [1.165, 1.54) is 0 Å². The first kappa shape index (κ1) is 14.0. The number of ether oxygens (including phenoxy) is 1. The zero-order valence-electron chi connectivity index (χ0n) is 11.1. The standard InChI is InChI=1S/C16H11Cl2NO2/c1-21-13-7-3-6-12-14(13)9(8-19-12)16(20)15-10(17)4-2-5-11(15)18/h2-8,19H,1H3. The van der Waals surface area contributed by atoms with Crippen molar-refractivity contribution in [1.82, 2.24) is 4.98 Å². The zero-order chi connectivity index (χ0) is 15.0. The quantitative estimate of drug-likeness (QED) is 0.710. The molecule has 0 atom stereocenters. The number of carbonyl (C=O) groups is 1. The summed E-state index contributed by atoms with van der Waals surface area (Å²) in [7, 11) is 1.57. The van der Waals surface area contributed by atoms with Crippen molar-refractivity contribution in [2.45, 2.75) is 0 Å². The van der Waals surface area contributed by atoms with Gasteiger partial charge in [-0.05, 0) is 24.3 Å². The van der Waals surface area contributed by atoms with Gasteiger partial charge >= 0.3 is 0 Å². The van der Waals surface area contributed by atoms with Crippen molar-refractivity contribution >= 4 is 39.9 Å². The molecule has 0 unspecified atom stereocenters. The number of hydrogen-bond acceptors (Lipinski definition) is 2. The Bertz CT molecular complexity index is 819. The van der Waals surface area contributed by atoms with E-state index in [1.807, 2.05) is 12.1 Å². The van der Waals surface area contributed by atoms with Gasteiger partial charge in [0.15, 0.2) is 5.78 Å². The molecule has 0 fully saturated rings. The Morgan fingerprint density at radius 3 is 2.43 bits per heavy atom. The fraction of sp³-hybridized carbons (Fsp3) is 0.0625. The Kier molecular flexibility index (Phi) is 3.62. The third kappa shape index (κ3) is 2.28. The van der Waals surface area contributed by atoms with Gasteiger partial charge in [0.1, 0.15) is 5.75 Å². The third-order valence-corrected chi connectivity index (χ3v) is 3.95. The lowest BCUT2D eigenvalue weighted by molar-refractivity contribution is 0.104. The van der Waals surface area contributed by atoms with Crippen LogP contribution in [0.3, 0.4) is 0 Å². The number of aromatic nitrogens is 1. The molecule has 0 radical (unpaired) electrons. The van der Waals surface area contributed by atoms with E-state index < -0.39 is 0 Å². The Balaban J connectivity index is 2.24. The van der Waals surface area contributed by atoms with E-state index in [9.17, 15) is 4.79 Å². The first-order valence-electron chi connectivity index (χ1n) is 6.26. The summed E-state index contributed by atoms with van der Waals surface area (Å²) in [5, 5.41) is 1.38. The van der Waals surface area contributed by atoms with Crippen molar-refractivity contribution in [2.24, 2.45) is 0 Å². The number of methoxy groups -OCH3 is 1. The maximum Gasteiger partial charge on any atom is 0.198 e. The second kappa shape index (κ2) is 5.43. The fourth-order valence-electron chi connectivity index (χ4n) is 2.35. The SMILES string of the molecule is COc1cccc2[nH]cc(C(=O)c3c(Cl)cccc3Cl)c12. The van der Waals surface area contributed by atoms with Crippen LogP contribution >= 0.6 is 23.2 Å². The van der Waals surface area contributed by atoms with Gasteiger partial charge in [-0.1, -0.05) is 35.3 Å². The van der Waals surface area contributed by atoms with Gasteiger partial charge in [0.05, 0.1) is 33.7 Å². The number of fused-ring (bicyclic) bond motifs is 1. The van der Waals surface area contributed by atoms with E-state index in [0.717, 1.165) is 10.9 Å². The minimum Gasteiger partial charge on any atom is -0.496 e. The number of halogens is 2. The first-order chi connectivity index (χ1) is 10.1. The summed E-state index contributed by atoms with van der Waals surface area (Å²) in [6.07, 6.45) is 1.65. The molecule has 2 aromatic carbocycles. The van der Waals surface area contributed by atoms with Crippen LogP contribution in [0.15, 0.2) is 42.6 Å². The van der Waals surface area contributed by atoms with Gasteiger partial charge in [0.25, 0.3) is 0 Å². The lowest BCUT2D eigenvalue weighted by Gasteiger charge is -2.07.